The van der Waals surface area contributed by atoms with Crippen LogP contribution in [-0.4, -0.2) is 51.6 Å². The maximum absolute atomic E-state index is 12.4. The monoisotopic (exact) mass is 418 g/mol. The first-order chi connectivity index (χ1) is 12.7. The lowest BCUT2D eigenvalue weighted by Crippen LogP contribution is -2.31. The third kappa shape index (κ3) is 7.59. The largest absolute Gasteiger partial charge is 0.351 e. The second-order valence-electron chi connectivity index (χ2n) is 6.31. The molecule has 0 atom stereocenters. The highest BCUT2D eigenvalue weighted by molar-refractivity contribution is 7.92. The van der Waals surface area contributed by atoms with Gasteiger partial charge in [0.15, 0.2) is 9.84 Å². The lowest BCUT2D eigenvalue weighted by atomic mass is 10.2. The van der Waals surface area contributed by atoms with Gasteiger partial charge < -0.3 is 5.32 Å². The Morgan fingerprint density at radius 2 is 1.56 bits per heavy atom. The second-order valence-corrected chi connectivity index (χ2v) is 10.4. The summed E-state index contributed by atoms with van der Waals surface area (Å²) in [6.45, 7) is 6.47. The summed E-state index contributed by atoms with van der Waals surface area (Å²) in [5.41, 5.74) is 0.699. The molecule has 0 aliphatic heterocycles. The summed E-state index contributed by atoms with van der Waals surface area (Å²) in [7, 11) is -6.91. The molecule has 0 aliphatic rings. The molecule has 1 aromatic rings. The molecule has 0 fully saturated rings. The number of carbonyl (C=O) groups is 1. The summed E-state index contributed by atoms with van der Waals surface area (Å²) < 4.78 is 50.0. The van der Waals surface area contributed by atoms with Crippen LogP contribution in [0, 0.1) is 0 Å². The molecule has 0 spiro atoms. The van der Waals surface area contributed by atoms with Crippen LogP contribution in [0.2, 0.25) is 0 Å². The van der Waals surface area contributed by atoms with E-state index in [1.54, 1.807) is 26.0 Å². The molecule has 0 unspecified atom stereocenters. The number of hydrogen-bond acceptors (Lipinski definition) is 5. The standard InChI is InChI=1S/C18H30N2O5S2/c1-4-7-8-13-26(22,23)15-18(21)19-14-16-9-11-17(12-10-16)27(24,25)20(5-2)6-3/h9-12H,4-8,13-15H2,1-3H3,(H,19,21). The third-order valence-electron chi connectivity index (χ3n) is 4.17. The Morgan fingerprint density at radius 3 is 2.07 bits per heavy atom. The van der Waals surface area contributed by atoms with Gasteiger partial charge in [0.2, 0.25) is 15.9 Å². The van der Waals surface area contributed by atoms with Gasteiger partial charge in [-0.2, -0.15) is 4.31 Å². The number of unbranched alkanes of at least 4 members (excludes halogenated alkanes) is 2. The molecule has 154 valence electrons. The lowest BCUT2D eigenvalue weighted by molar-refractivity contribution is -0.118. The number of amides is 1. The maximum Gasteiger partial charge on any atom is 0.243 e. The lowest BCUT2D eigenvalue weighted by Gasteiger charge is -2.18. The topological polar surface area (TPSA) is 101 Å². The minimum absolute atomic E-state index is 0.0200. The van der Waals surface area contributed by atoms with Gasteiger partial charge in [-0.1, -0.05) is 45.7 Å². The van der Waals surface area contributed by atoms with Crippen molar-refractivity contribution in [2.75, 3.05) is 24.6 Å². The molecular weight excluding hydrogens is 388 g/mol. The first kappa shape index (κ1) is 23.6. The predicted octanol–water partition coefficient (Wildman–Crippen LogP) is 1.94. The van der Waals surface area contributed by atoms with Gasteiger partial charge in [-0.3, -0.25) is 4.79 Å². The first-order valence-corrected chi connectivity index (χ1v) is 12.5. The molecule has 0 heterocycles. The number of sulfone groups is 1. The van der Waals surface area contributed by atoms with E-state index in [4.69, 9.17) is 0 Å². The highest BCUT2D eigenvalue weighted by Gasteiger charge is 2.21. The highest BCUT2D eigenvalue weighted by atomic mass is 32.2. The smallest absolute Gasteiger partial charge is 0.243 e. The summed E-state index contributed by atoms with van der Waals surface area (Å²) in [5, 5.41) is 2.57. The van der Waals surface area contributed by atoms with Gasteiger partial charge in [-0.25, -0.2) is 16.8 Å². The molecule has 1 rings (SSSR count). The number of nitrogens with zero attached hydrogens (tertiary/aromatic N) is 1. The fourth-order valence-electron chi connectivity index (χ4n) is 2.59. The molecule has 0 bridgehead atoms. The average Bonchev–Trinajstić information content (AvgIpc) is 2.61. The Balaban J connectivity index is 2.63. The van der Waals surface area contributed by atoms with Gasteiger partial charge in [-0.05, 0) is 24.1 Å². The summed E-state index contributed by atoms with van der Waals surface area (Å²) in [6.07, 6.45) is 2.31. The van der Waals surface area contributed by atoms with E-state index in [-0.39, 0.29) is 17.2 Å². The van der Waals surface area contributed by atoms with Crippen molar-refractivity contribution in [1.29, 1.82) is 0 Å². The Morgan fingerprint density at radius 1 is 0.963 bits per heavy atom. The van der Waals surface area contributed by atoms with Gasteiger partial charge in [0.1, 0.15) is 5.75 Å². The normalized spacial score (nSPS) is 12.3. The van der Waals surface area contributed by atoms with Gasteiger partial charge in [-0.15, -0.1) is 0 Å². The zero-order chi connectivity index (χ0) is 20.5. The molecular formula is C18H30N2O5S2. The SMILES string of the molecule is CCCCCS(=O)(=O)CC(=O)NCc1ccc(S(=O)(=O)N(CC)CC)cc1. The second kappa shape index (κ2) is 10.8. The Bertz CT molecular complexity index is 799. The summed E-state index contributed by atoms with van der Waals surface area (Å²) in [5.74, 6) is -1.05. The summed E-state index contributed by atoms with van der Waals surface area (Å²) in [4.78, 5) is 12.1. The van der Waals surface area contributed by atoms with Crippen molar-refractivity contribution >= 4 is 25.8 Å². The predicted molar refractivity (Wildman–Crippen MR) is 107 cm³/mol. The number of rotatable bonds is 12. The third-order valence-corrected chi connectivity index (χ3v) is 7.84. The first-order valence-electron chi connectivity index (χ1n) is 9.22. The molecule has 0 aliphatic carbocycles. The van der Waals surface area contributed by atoms with Crippen molar-refractivity contribution < 1.29 is 21.6 Å². The van der Waals surface area contributed by atoms with Crippen molar-refractivity contribution in [3.63, 3.8) is 0 Å². The van der Waals surface area contributed by atoms with E-state index in [1.807, 2.05) is 6.92 Å². The molecule has 9 heteroatoms. The zero-order valence-electron chi connectivity index (χ0n) is 16.3. The number of hydrogen-bond donors (Lipinski definition) is 1. The van der Waals surface area contributed by atoms with Gasteiger partial charge >= 0.3 is 0 Å². The molecule has 0 saturated carbocycles. The summed E-state index contributed by atoms with van der Waals surface area (Å²) >= 11 is 0. The molecule has 7 nitrogen and oxygen atoms in total. The fraction of sp³-hybridized carbons (Fsp3) is 0.611. The van der Waals surface area contributed by atoms with Crippen LogP contribution in [0.1, 0.15) is 45.6 Å². The number of nitrogens with one attached hydrogen (secondary N) is 1. The van der Waals surface area contributed by atoms with E-state index < -0.39 is 31.5 Å². The molecule has 1 N–H and O–H groups in total. The van der Waals surface area contributed by atoms with Crippen LogP contribution in [0.3, 0.4) is 0 Å². The average molecular weight is 419 g/mol. The van der Waals surface area contributed by atoms with Gasteiger partial charge in [0.25, 0.3) is 0 Å². The van der Waals surface area contributed by atoms with E-state index in [1.165, 1.54) is 16.4 Å². The molecule has 1 aromatic carbocycles. The van der Waals surface area contributed by atoms with Crippen LogP contribution in [-0.2, 0) is 31.2 Å². The van der Waals surface area contributed by atoms with E-state index in [2.05, 4.69) is 5.32 Å². The molecule has 0 aromatic heterocycles. The van der Waals surface area contributed by atoms with Crippen molar-refractivity contribution in [1.82, 2.24) is 9.62 Å². The Kier molecular flexibility index (Phi) is 9.41. The van der Waals surface area contributed by atoms with E-state index >= 15 is 0 Å². The summed E-state index contributed by atoms with van der Waals surface area (Å²) in [6, 6.07) is 6.23. The van der Waals surface area contributed by atoms with Crippen molar-refractivity contribution in [3.05, 3.63) is 29.8 Å². The number of sulfonamides is 1. The minimum Gasteiger partial charge on any atom is -0.351 e. The molecule has 0 radical (unpaired) electrons. The van der Waals surface area contributed by atoms with E-state index in [0.29, 0.717) is 25.1 Å². The van der Waals surface area contributed by atoms with Crippen molar-refractivity contribution in [3.8, 4) is 0 Å². The van der Waals surface area contributed by atoms with Crippen LogP contribution in [0.15, 0.2) is 29.2 Å². The van der Waals surface area contributed by atoms with Gasteiger partial charge in [0, 0.05) is 19.6 Å². The Labute approximate surface area is 163 Å². The van der Waals surface area contributed by atoms with Crippen LogP contribution in [0.25, 0.3) is 0 Å². The van der Waals surface area contributed by atoms with Crippen LogP contribution in [0.5, 0.6) is 0 Å². The van der Waals surface area contributed by atoms with Gasteiger partial charge in [0.05, 0.1) is 10.6 Å². The number of carbonyl (C=O) groups excluding carboxylic acids is 1. The van der Waals surface area contributed by atoms with Crippen LogP contribution < -0.4 is 5.32 Å². The molecule has 27 heavy (non-hydrogen) atoms. The van der Waals surface area contributed by atoms with Crippen molar-refractivity contribution in [2.24, 2.45) is 0 Å². The van der Waals surface area contributed by atoms with Crippen molar-refractivity contribution in [2.45, 2.75) is 51.5 Å². The Hall–Kier alpha value is -1.45. The van der Waals surface area contributed by atoms with Crippen LogP contribution in [0.4, 0.5) is 0 Å². The van der Waals surface area contributed by atoms with E-state index in [0.717, 1.165) is 12.8 Å². The maximum atomic E-state index is 12.4. The minimum atomic E-state index is -3.52. The fourth-order valence-corrected chi connectivity index (χ4v) is 5.34. The van der Waals surface area contributed by atoms with Crippen LogP contribution >= 0.6 is 0 Å². The highest BCUT2D eigenvalue weighted by Crippen LogP contribution is 2.16. The number of benzene rings is 1. The quantitative estimate of drug-likeness (QED) is 0.523. The molecule has 0 saturated heterocycles. The molecule has 1 amide bonds. The zero-order valence-corrected chi connectivity index (χ0v) is 17.9. The van der Waals surface area contributed by atoms with E-state index in [9.17, 15) is 21.6 Å².